The smallest absolute Gasteiger partial charge is 0.339 e. The number of nitrogens with zero attached hydrogens (tertiary/aromatic N) is 1. The molecule has 12 heteroatoms. The normalized spacial score (nSPS) is 11.2. The first-order valence-corrected chi connectivity index (χ1v) is 14.0. The third kappa shape index (κ3) is 6.95. The third-order valence-corrected chi connectivity index (χ3v) is 7.66. The second-order valence-corrected chi connectivity index (χ2v) is 11.0. The van der Waals surface area contributed by atoms with Gasteiger partial charge in [-0.15, -0.1) is 0 Å². The van der Waals surface area contributed by atoms with Crippen LogP contribution in [0.3, 0.4) is 0 Å². The Hall–Kier alpha value is -3.99. The van der Waals surface area contributed by atoms with Crippen molar-refractivity contribution < 1.29 is 31.3 Å². The molecule has 1 aromatic heterocycles. The van der Waals surface area contributed by atoms with Gasteiger partial charge in [0.1, 0.15) is 10.7 Å². The van der Waals surface area contributed by atoms with Crippen molar-refractivity contribution in [2.45, 2.75) is 24.4 Å². The van der Waals surface area contributed by atoms with Crippen LogP contribution in [0.15, 0.2) is 88.4 Å². The topological polar surface area (TPSA) is 129 Å². The van der Waals surface area contributed by atoms with Crippen LogP contribution < -0.4 is 14.7 Å². The lowest BCUT2D eigenvalue weighted by Crippen LogP contribution is -2.30. The molecule has 0 aliphatic heterocycles. The molecule has 0 radical (unpaired) electrons. The van der Waals surface area contributed by atoms with Crippen molar-refractivity contribution in [3.63, 3.8) is 0 Å². The highest BCUT2D eigenvalue weighted by atomic mass is 35.5. The maximum atomic E-state index is 13.6. The fourth-order valence-electron chi connectivity index (χ4n) is 3.90. The van der Waals surface area contributed by atoms with Crippen LogP contribution in [0.5, 0.6) is 11.5 Å². The van der Waals surface area contributed by atoms with Crippen LogP contribution >= 0.6 is 23.2 Å². The first kappa shape index (κ1) is 29.0. The molecule has 0 bridgehead atoms. The van der Waals surface area contributed by atoms with Gasteiger partial charge in [0.15, 0.2) is 11.5 Å². The Labute approximate surface area is 241 Å². The maximum absolute atomic E-state index is 13.6. The number of hydrogen-bond donors (Lipinski definition) is 1. The summed E-state index contributed by atoms with van der Waals surface area (Å²) in [6, 6.07) is 18.5. The van der Waals surface area contributed by atoms with Gasteiger partial charge in [0.25, 0.3) is 5.91 Å². The molecule has 2 amide bonds. The summed E-state index contributed by atoms with van der Waals surface area (Å²) >= 11 is 12.6. The van der Waals surface area contributed by atoms with Gasteiger partial charge in [-0.3, -0.25) is 9.59 Å². The van der Waals surface area contributed by atoms with Crippen molar-refractivity contribution in [3.05, 3.63) is 112 Å². The minimum Gasteiger partial charge on any atom is -0.493 e. The monoisotopic (exact) mass is 602 g/mol. The van der Waals surface area contributed by atoms with Gasteiger partial charge in [-0.2, -0.15) is 8.42 Å². The van der Waals surface area contributed by atoms with Gasteiger partial charge in [0.05, 0.1) is 41.9 Å². The molecule has 40 heavy (non-hydrogen) atoms. The van der Waals surface area contributed by atoms with Gasteiger partial charge >= 0.3 is 10.1 Å². The van der Waals surface area contributed by atoms with E-state index in [1.54, 1.807) is 36.4 Å². The third-order valence-electron chi connectivity index (χ3n) is 5.78. The lowest BCUT2D eigenvalue weighted by atomic mass is 10.1. The van der Waals surface area contributed by atoms with Crippen LogP contribution in [0.25, 0.3) is 0 Å². The van der Waals surface area contributed by atoms with Crippen molar-refractivity contribution in [2.75, 3.05) is 7.11 Å². The highest BCUT2D eigenvalue weighted by molar-refractivity contribution is 7.87. The number of carbonyl (C=O) groups is 2. The number of hydrogen-bond acceptors (Lipinski definition) is 7. The standard InChI is InChI=1S/C28H24Cl2N2O7S/c1-37-24-12-9-19(14-25(24)39-40(35,36)21-10-7-18(8-11-21)15-26(31)33)16-32(17-20-4-3-13-38-20)28(34)27-22(29)5-2-6-23(27)30/h2-14H,15-17H2,1H3,(H2,31,33). The molecule has 0 aliphatic carbocycles. The summed E-state index contributed by atoms with van der Waals surface area (Å²) in [5.74, 6) is -0.388. The summed E-state index contributed by atoms with van der Waals surface area (Å²) < 4.78 is 42.3. The average molecular weight is 603 g/mol. The summed E-state index contributed by atoms with van der Waals surface area (Å²) in [4.78, 5) is 26.0. The number of halogens is 2. The van der Waals surface area contributed by atoms with Crippen LogP contribution in [0.2, 0.25) is 10.0 Å². The molecule has 208 valence electrons. The summed E-state index contributed by atoms with van der Waals surface area (Å²) in [5, 5.41) is 0.377. The molecule has 0 fully saturated rings. The van der Waals surface area contributed by atoms with E-state index in [-0.39, 0.29) is 51.5 Å². The molecule has 0 atom stereocenters. The van der Waals surface area contributed by atoms with Crippen LogP contribution in [0.1, 0.15) is 27.2 Å². The zero-order valence-electron chi connectivity index (χ0n) is 21.2. The fourth-order valence-corrected chi connectivity index (χ4v) is 5.39. The van der Waals surface area contributed by atoms with Gasteiger partial charge in [-0.25, -0.2) is 0 Å². The maximum Gasteiger partial charge on any atom is 0.339 e. The molecule has 1 heterocycles. The molecule has 4 rings (SSSR count). The number of methoxy groups -OCH3 is 1. The first-order valence-electron chi connectivity index (χ1n) is 11.8. The number of amides is 2. The molecule has 0 saturated carbocycles. The predicted molar refractivity (Wildman–Crippen MR) is 149 cm³/mol. The van der Waals surface area contributed by atoms with Crippen molar-refractivity contribution in [3.8, 4) is 11.5 Å². The lowest BCUT2D eigenvalue weighted by Gasteiger charge is -2.23. The summed E-state index contributed by atoms with van der Waals surface area (Å²) in [7, 11) is -2.90. The van der Waals surface area contributed by atoms with Crippen molar-refractivity contribution in [2.24, 2.45) is 5.73 Å². The van der Waals surface area contributed by atoms with E-state index < -0.39 is 21.9 Å². The molecule has 3 aromatic carbocycles. The summed E-state index contributed by atoms with van der Waals surface area (Å²) in [5.41, 5.74) is 6.42. The number of rotatable bonds is 11. The minimum absolute atomic E-state index is 0.0241. The van der Waals surface area contributed by atoms with E-state index in [9.17, 15) is 18.0 Å². The average Bonchev–Trinajstić information content (AvgIpc) is 3.41. The Morgan fingerprint density at radius 3 is 2.17 bits per heavy atom. The molecule has 0 spiro atoms. The SMILES string of the molecule is COc1ccc(CN(Cc2ccco2)C(=O)c2c(Cl)cccc2Cl)cc1OS(=O)(=O)c1ccc(CC(N)=O)cc1. The number of nitrogens with two attached hydrogens (primary N) is 1. The first-order chi connectivity index (χ1) is 19.1. The Kier molecular flexibility index (Phi) is 9.03. The van der Waals surface area contributed by atoms with Gasteiger partial charge < -0.3 is 24.0 Å². The molecule has 0 aliphatic rings. The number of primary amides is 1. The molecular formula is C28H24Cl2N2O7S. The van der Waals surface area contributed by atoms with Crippen molar-refractivity contribution in [1.82, 2.24) is 4.90 Å². The van der Waals surface area contributed by atoms with E-state index >= 15 is 0 Å². The zero-order valence-corrected chi connectivity index (χ0v) is 23.5. The molecular weight excluding hydrogens is 579 g/mol. The number of ether oxygens (including phenoxy) is 1. The van der Waals surface area contributed by atoms with Crippen molar-refractivity contribution >= 4 is 45.1 Å². The van der Waals surface area contributed by atoms with Crippen molar-refractivity contribution in [1.29, 1.82) is 0 Å². The summed E-state index contributed by atoms with van der Waals surface area (Å²) in [6.45, 7) is 0.120. The van der Waals surface area contributed by atoms with Crippen LogP contribution in [-0.4, -0.2) is 32.2 Å². The zero-order chi connectivity index (χ0) is 28.9. The summed E-state index contributed by atoms with van der Waals surface area (Å²) in [6.07, 6.45) is 1.47. The highest BCUT2D eigenvalue weighted by Crippen LogP contribution is 2.33. The second-order valence-electron chi connectivity index (χ2n) is 8.65. The lowest BCUT2D eigenvalue weighted by molar-refractivity contribution is -0.117. The number of benzene rings is 3. The van der Waals surface area contributed by atoms with Crippen LogP contribution in [0, 0.1) is 0 Å². The minimum atomic E-state index is -4.27. The Balaban J connectivity index is 1.63. The van der Waals surface area contributed by atoms with Crippen LogP contribution in [0.4, 0.5) is 0 Å². The van der Waals surface area contributed by atoms with E-state index in [0.717, 1.165) is 0 Å². The van der Waals surface area contributed by atoms with Gasteiger partial charge in [0.2, 0.25) is 5.91 Å². The van der Waals surface area contributed by atoms with Gasteiger partial charge in [-0.05, 0) is 59.7 Å². The Bertz CT molecular complexity index is 1600. The fraction of sp³-hybridized carbons (Fsp3) is 0.143. The molecule has 0 saturated heterocycles. The largest absolute Gasteiger partial charge is 0.493 e. The van der Waals surface area contributed by atoms with Gasteiger partial charge in [0, 0.05) is 6.54 Å². The second kappa shape index (κ2) is 12.5. The van der Waals surface area contributed by atoms with E-state index in [2.05, 4.69) is 0 Å². The van der Waals surface area contributed by atoms with Crippen LogP contribution in [-0.2, 0) is 34.4 Å². The quantitative estimate of drug-likeness (QED) is 0.232. The Morgan fingerprint density at radius 2 is 1.57 bits per heavy atom. The van der Waals surface area contributed by atoms with E-state index in [1.165, 1.54) is 54.7 Å². The highest BCUT2D eigenvalue weighted by Gasteiger charge is 2.24. The number of furan rings is 1. The molecule has 4 aromatic rings. The van der Waals surface area contributed by atoms with E-state index in [0.29, 0.717) is 16.9 Å². The predicted octanol–water partition coefficient (Wildman–Crippen LogP) is 5.23. The number of carbonyl (C=O) groups excluding carboxylic acids is 2. The molecule has 2 N–H and O–H groups in total. The van der Waals surface area contributed by atoms with E-state index in [4.69, 9.17) is 42.3 Å². The van der Waals surface area contributed by atoms with Gasteiger partial charge in [-0.1, -0.05) is 47.5 Å². The Morgan fingerprint density at radius 1 is 0.900 bits per heavy atom. The molecule has 9 nitrogen and oxygen atoms in total. The molecule has 0 unspecified atom stereocenters. The van der Waals surface area contributed by atoms with E-state index in [1.807, 2.05) is 0 Å².